The molecular formula is C16H25N3O3. The van der Waals surface area contributed by atoms with E-state index in [-0.39, 0.29) is 22.2 Å². The second kappa shape index (κ2) is 7.17. The van der Waals surface area contributed by atoms with Crippen molar-refractivity contribution in [2.75, 3.05) is 33.9 Å². The Morgan fingerprint density at radius 2 is 1.91 bits per heavy atom. The summed E-state index contributed by atoms with van der Waals surface area (Å²) in [4.78, 5) is 12.6. The number of benzene rings is 1. The Bertz CT molecular complexity index is 496. The highest BCUT2D eigenvalue weighted by atomic mass is 16.6. The Hall–Kier alpha value is -1.50. The van der Waals surface area contributed by atoms with Crippen LogP contribution in [0.2, 0.25) is 0 Å². The van der Waals surface area contributed by atoms with Gasteiger partial charge in [-0.15, -0.1) is 0 Å². The molecule has 0 aromatic heterocycles. The molecule has 2 rings (SSSR count). The average molecular weight is 307 g/mol. The normalized spacial score (nSPS) is 19.1. The smallest absolute Gasteiger partial charge is 0.269 e. The molecule has 1 N–H and O–H groups in total. The first-order valence-corrected chi connectivity index (χ1v) is 7.67. The zero-order chi connectivity index (χ0) is 16.2. The zero-order valence-electron chi connectivity index (χ0n) is 13.5. The minimum Gasteiger partial charge on any atom is -0.381 e. The van der Waals surface area contributed by atoms with Crippen LogP contribution in [0.4, 0.5) is 5.69 Å². The molecule has 122 valence electrons. The van der Waals surface area contributed by atoms with E-state index >= 15 is 0 Å². The van der Waals surface area contributed by atoms with Crippen LogP contribution in [-0.4, -0.2) is 49.2 Å². The van der Waals surface area contributed by atoms with Crippen LogP contribution in [0.1, 0.15) is 31.4 Å². The number of hydrogen-bond acceptors (Lipinski definition) is 5. The highest BCUT2D eigenvalue weighted by Crippen LogP contribution is 2.26. The molecule has 0 amide bonds. The summed E-state index contributed by atoms with van der Waals surface area (Å²) < 4.78 is 5.48. The largest absolute Gasteiger partial charge is 0.381 e. The maximum Gasteiger partial charge on any atom is 0.269 e. The zero-order valence-corrected chi connectivity index (χ0v) is 13.5. The quantitative estimate of drug-likeness (QED) is 0.645. The Morgan fingerprint density at radius 1 is 1.32 bits per heavy atom. The van der Waals surface area contributed by atoms with E-state index in [4.69, 9.17) is 4.74 Å². The van der Waals surface area contributed by atoms with Gasteiger partial charge in [0.1, 0.15) is 0 Å². The summed E-state index contributed by atoms with van der Waals surface area (Å²) in [7, 11) is 4.23. The molecule has 1 atom stereocenters. The summed E-state index contributed by atoms with van der Waals surface area (Å²) in [5.41, 5.74) is 1.31. The van der Waals surface area contributed by atoms with Gasteiger partial charge in [0.05, 0.1) is 4.92 Å². The fourth-order valence-electron chi connectivity index (χ4n) is 2.88. The molecular weight excluding hydrogens is 282 g/mol. The molecule has 1 aliphatic rings. The second-order valence-electron chi connectivity index (χ2n) is 6.18. The van der Waals surface area contributed by atoms with Crippen LogP contribution < -0.4 is 5.32 Å². The summed E-state index contributed by atoms with van der Waals surface area (Å²) in [5.74, 6) is 0. The lowest BCUT2D eigenvalue weighted by Gasteiger charge is -2.43. The van der Waals surface area contributed by atoms with Crippen LogP contribution in [0.15, 0.2) is 24.3 Å². The minimum atomic E-state index is -0.370. The van der Waals surface area contributed by atoms with E-state index in [1.165, 1.54) is 0 Å². The highest BCUT2D eigenvalue weighted by molar-refractivity contribution is 5.34. The molecule has 0 spiro atoms. The second-order valence-corrected chi connectivity index (χ2v) is 6.18. The van der Waals surface area contributed by atoms with Gasteiger partial charge in [-0.1, -0.05) is 12.1 Å². The fourth-order valence-corrected chi connectivity index (χ4v) is 2.88. The van der Waals surface area contributed by atoms with E-state index in [9.17, 15) is 10.1 Å². The van der Waals surface area contributed by atoms with Gasteiger partial charge >= 0.3 is 0 Å². The SMILES string of the molecule is CC(NCC1(N(C)C)CCOCC1)c1ccc([N+](=O)[O-])cc1. The van der Waals surface area contributed by atoms with Crippen molar-refractivity contribution < 1.29 is 9.66 Å². The van der Waals surface area contributed by atoms with Gasteiger partial charge in [-0.2, -0.15) is 0 Å². The lowest BCUT2D eigenvalue weighted by Crippen LogP contribution is -2.55. The molecule has 1 saturated heterocycles. The van der Waals surface area contributed by atoms with Crippen LogP contribution >= 0.6 is 0 Å². The molecule has 22 heavy (non-hydrogen) atoms. The van der Waals surface area contributed by atoms with Crippen molar-refractivity contribution in [3.8, 4) is 0 Å². The topological polar surface area (TPSA) is 67.6 Å². The Balaban J connectivity index is 1.98. The van der Waals surface area contributed by atoms with Gasteiger partial charge in [-0.3, -0.25) is 10.1 Å². The summed E-state index contributed by atoms with van der Waals surface area (Å²) in [6.07, 6.45) is 2.03. The summed E-state index contributed by atoms with van der Waals surface area (Å²) in [6, 6.07) is 6.91. The predicted octanol–water partition coefficient (Wildman–Crippen LogP) is 2.36. The molecule has 0 bridgehead atoms. The predicted molar refractivity (Wildman–Crippen MR) is 86.0 cm³/mol. The molecule has 1 heterocycles. The van der Waals surface area contributed by atoms with E-state index in [0.717, 1.165) is 38.2 Å². The summed E-state index contributed by atoms with van der Waals surface area (Å²) in [5, 5.41) is 14.3. The van der Waals surface area contributed by atoms with Crippen molar-refractivity contribution in [2.24, 2.45) is 0 Å². The van der Waals surface area contributed by atoms with Crippen molar-refractivity contribution in [3.05, 3.63) is 39.9 Å². The molecule has 6 nitrogen and oxygen atoms in total. The highest BCUT2D eigenvalue weighted by Gasteiger charge is 2.34. The third-order valence-corrected chi connectivity index (χ3v) is 4.71. The van der Waals surface area contributed by atoms with Gasteiger partial charge in [0.25, 0.3) is 5.69 Å². The average Bonchev–Trinajstić information content (AvgIpc) is 2.53. The lowest BCUT2D eigenvalue weighted by atomic mass is 9.88. The van der Waals surface area contributed by atoms with Crippen molar-refractivity contribution in [1.29, 1.82) is 0 Å². The molecule has 0 radical (unpaired) electrons. The Labute approximate surface area is 131 Å². The van der Waals surface area contributed by atoms with E-state index < -0.39 is 0 Å². The number of non-ortho nitro benzene ring substituents is 1. The van der Waals surface area contributed by atoms with Gasteiger partial charge in [0.15, 0.2) is 0 Å². The van der Waals surface area contributed by atoms with Crippen LogP contribution in [0, 0.1) is 10.1 Å². The number of likely N-dealkylation sites (N-methyl/N-ethyl adjacent to an activating group) is 1. The van der Waals surface area contributed by atoms with Gasteiger partial charge < -0.3 is 15.0 Å². The Kier molecular flexibility index (Phi) is 5.50. The molecule has 0 saturated carbocycles. The third kappa shape index (κ3) is 3.82. The Morgan fingerprint density at radius 3 is 2.41 bits per heavy atom. The van der Waals surface area contributed by atoms with Crippen molar-refractivity contribution >= 4 is 5.69 Å². The van der Waals surface area contributed by atoms with Gasteiger partial charge in [-0.25, -0.2) is 0 Å². The van der Waals surface area contributed by atoms with E-state index in [2.05, 4.69) is 31.2 Å². The lowest BCUT2D eigenvalue weighted by molar-refractivity contribution is -0.384. The number of ether oxygens (including phenoxy) is 1. The molecule has 1 aromatic rings. The van der Waals surface area contributed by atoms with Gasteiger partial charge in [0.2, 0.25) is 0 Å². The first kappa shape index (κ1) is 16.9. The first-order chi connectivity index (χ1) is 10.4. The van der Waals surface area contributed by atoms with Crippen molar-refractivity contribution in [3.63, 3.8) is 0 Å². The fraction of sp³-hybridized carbons (Fsp3) is 0.625. The molecule has 1 aliphatic heterocycles. The maximum atomic E-state index is 10.7. The van der Waals surface area contributed by atoms with E-state index in [0.29, 0.717) is 0 Å². The first-order valence-electron chi connectivity index (χ1n) is 7.67. The molecule has 1 aromatic carbocycles. The minimum absolute atomic E-state index is 0.118. The maximum absolute atomic E-state index is 10.7. The summed E-state index contributed by atoms with van der Waals surface area (Å²) >= 11 is 0. The number of nitro benzene ring substituents is 1. The van der Waals surface area contributed by atoms with Gasteiger partial charge in [0, 0.05) is 43.5 Å². The third-order valence-electron chi connectivity index (χ3n) is 4.71. The summed E-state index contributed by atoms with van der Waals surface area (Å²) in [6.45, 7) is 4.56. The molecule has 1 unspecified atom stereocenters. The number of rotatable bonds is 6. The van der Waals surface area contributed by atoms with E-state index in [1.54, 1.807) is 12.1 Å². The van der Waals surface area contributed by atoms with Gasteiger partial charge in [-0.05, 0) is 39.4 Å². The number of nitrogens with zero attached hydrogens (tertiary/aromatic N) is 2. The van der Waals surface area contributed by atoms with Crippen LogP contribution in [0.25, 0.3) is 0 Å². The van der Waals surface area contributed by atoms with Crippen LogP contribution in [0.5, 0.6) is 0 Å². The van der Waals surface area contributed by atoms with Crippen molar-refractivity contribution in [2.45, 2.75) is 31.3 Å². The number of nitro groups is 1. The number of hydrogen-bond donors (Lipinski definition) is 1. The van der Waals surface area contributed by atoms with Crippen LogP contribution in [0.3, 0.4) is 0 Å². The standard InChI is InChI=1S/C16H25N3O3/c1-13(14-4-6-15(7-5-14)19(20)21)17-12-16(18(2)3)8-10-22-11-9-16/h4-7,13,17H,8-12H2,1-3H3. The molecule has 0 aliphatic carbocycles. The molecule has 1 fully saturated rings. The molecule has 6 heteroatoms. The number of nitrogens with one attached hydrogen (secondary N) is 1. The monoisotopic (exact) mass is 307 g/mol. The van der Waals surface area contributed by atoms with E-state index in [1.807, 2.05) is 12.1 Å². The van der Waals surface area contributed by atoms with Crippen molar-refractivity contribution in [1.82, 2.24) is 10.2 Å². The van der Waals surface area contributed by atoms with Crippen LogP contribution in [-0.2, 0) is 4.74 Å².